The summed E-state index contributed by atoms with van der Waals surface area (Å²) in [5.74, 6) is 1.80. The fourth-order valence-corrected chi connectivity index (χ4v) is 5.75. The molecule has 0 unspecified atom stereocenters. The van der Waals surface area contributed by atoms with Crippen LogP contribution in [0.15, 0.2) is 58.5 Å². The number of hydrogen-bond donors (Lipinski definition) is 0. The molecule has 10 nitrogen and oxygen atoms in total. The van der Waals surface area contributed by atoms with Crippen molar-refractivity contribution in [1.29, 1.82) is 0 Å². The van der Waals surface area contributed by atoms with Crippen molar-refractivity contribution in [3.63, 3.8) is 0 Å². The number of fused-ring (bicyclic) bond motifs is 2. The average Bonchev–Trinajstić information content (AvgIpc) is 3.77. The SMILES string of the molecule is COc1cc(OCc2csc(-c3ccc(C(=O)N(C)C(C)(C)C)cc3)n2)c2cc(-c3cn4nc(OC)sc4n3)oc2c1. The van der Waals surface area contributed by atoms with Crippen LogP contribution in [0.1, 0.15) is 36.8 Å². The maximum Gasteiger partial charge on any atom is 0.294 e. The molecule has 4 aromatic heterocycles. The molecule has 0 fully saturated rings. The minimum absolute atomic E-state index is 0.0149. The zero-order valence-electron chi connectivity index (χ0n) is 24.0. The van der Waals surface area contributed by atoms with E-state index in [2.05, 4.69) is 10.1 Å². The number of methoxy groups -OCH3 is 2. The predicted molar refractivity (Wildman–Crippen MR) is 163 cm³/mol. The predicted octanol–water partition coefficient (Wildman–Crippen LogP) is 6.79. The lowest BCUT2D eigenvalue weighted by Gasteiger charge is -2.32. The molecule has 6 rings (SSSR count). The van der Waals surface area contributed by atoms with Crippen LogP contribution in [0.2, 0.25) is 0 Å². The lowest BCUT2D eigenvalue weighted by molar-refractivity contribution is 0.0656. The number of rotatable bonds is 8. The van der Waals surface area contributed by atoms with E-state index in [0.717, 1.165) is 21.7 Å². The van der Waals surface area contributed by atoms with Crippen molar-refractivity contribution < 1.29 is 23.4 Å². The Kier molecular flexibility index (Phi) is 7.11. The van der Waals surface area contributed by atoms with Gasteiger partial charge in [-0.15, -0.1) is 16.4 Å². The van der Waals surface area contributed by atoms with Gasteiger partial charge in [0.2, 0.25) is 4.96 Å². The highest BCUT2D eigenvalue weighted by Crippen LogP contribution is 2.38. The third-order valence-corrected chi connectivity index (χ3v) is 8.70. The van der Waals surface area contributed by atoms with Crippen molar-refractivity contribution in [3.8, 4) is 38.7 Å². The van der Waals surface area contributed by atoms with Crippen LogP contribution in [0, 0.1) is 0 Å². The summed E-state index contributed by atoms with van der Waals surface area (Å²) in [5, 5.41) is 8.49. The van der Waals surface area contributed by atoms with Crippen LogP contribution in [-0.2, 0) is 6.61 Å². The summed E-state index contributed by atoms with van der Waals surface area (Å²) in [5.41, 5.74) is 3.39. The van der Waals surface area contributed by atoms with E-state index in [4.69, 9.17) is 23.6 Å². The van der Waals surface area contributed by atoms with E-state index in [-0.39, 0.29) is 18.1 Å². The molecule has 6 aromatic rings. The molecule has 0 aliphatic rings. The molecule has 2 aromatic carbocycles. The minimum Gasteiger partial charge on any atom is -0.496 e. The lowest BCUT2D eigenvalue weighted by atomic mass is 10.0. The van der Waals surface area contributed by atoms with E-state index in [1.54, 1.807) is 29.8 Å². The van der Waals surface area contributed by atoms with E-state index in [1.165, 1.54) is 22.7 Å². The van der Waals surface area contributed by atoms with Crippen LogP contribution in [0.3, 0.4) is 0 Å². The summed E-state index contributed by atoms with van der Waals surface area (Å²) in [7, 11) is 5.00. The number of nitrogens with zero attached hydrogens (tertiary/aromatic N) is 5. The van der Waals surface area contributed by atoms with Crippen LogP contribution in [0.4, 0.5) is 0 Å². The standard InChI is InChI=1S/C30H29N5O5S2/c1-30(2,3)34(4)27(36)18-9-7-17(8-10-18)26-31-19(16-41-26)15-39-23-11-20(37-5)12-24-21(23)13-25(40-24)22-14-35-28(32-22)42-29(33-35)38-6/h7-14,16H,15H2,1-6H3. The number of benzene rings is 2. The second-order valence-electron chi connectivity index (χ2n) is 10.6. The average molecular weight is 604 g/mol. The molecular weight excluding hydrogens is 574 g/mol. The molecule has 42 heavy (non-hydrogen) atoms. The molecule has 0 spiro atoms. The third kappa shape index (κ3) is 5.30. The van der Waals surface area contributed by atoms with Crippen molar-refractivity contribution in [2.24, 2.45) is 0 Å². The molecule has 12 heteroatoms. The van der Waals surface area contributed by atoms with Gasteiger partial charge < -0.3 is 23.5 Å². The highest BCUT2D eigenvalue weighted by atomic mass is 32.1. The van der Waals surface area contributed by atoms with Gasteiger partial charge in [0.25, 0.3) is 11.1 Å². The molecular formula is C30H29N5O5S2. The second-order valence-corrected chi connectivity index (χ2v) is 12.4. The van der Waals surface area contributed by atoms with Crippen LogP contribution in [0.25, 0.3) is 38.0 Å². The molecule has 4 heterocycles. The van der Waals surface area contributed by atoms with E-state index >= 15 is 0 Å². The summed E-state index contributed by atoms with van der Waals surface area (Å²) in [6.07, 6.45) is 1.80. The molecule has 0 saturated carbocycles. The van der Waals surface area contributed by atoms with E-state index < -0.39 is 0 Å². The van der Waals surface area contributed by atoms with Gasteiger partial charge in [-0.1, -0.05) is 12.1 Å². The van der Waals surface area contributed by atoms with Gasteiger partial charge >= 0.3 is 0 Å². The molecule has 0 aliphatic carbocycles. The summed E-state index contributed by atoms with van der Waals surface area (Å²) in [6.45, 7) is 6.29. The third-order valence-electron chi connectivity index (χ3n) is 6.88. The lowest BCUT2D eigenvalue weighted by Crippen LogP contribution is -2.42. The van der Waals surface area contributed by atoms with Crippen molar-refractivity contribution >= 4 is 44.5 Å². The van der Waals surface area contributed by atoms with Gasteiger partial charge in [-0.25, -0.2) is 14.5 Å². The maximum absolute atomic E-state index is 12.8. The van der Waals surface area contributed by atoms with Gasteiger partial charge in [-0.05, 0) is 50.3 Å². The first-order valence-electron chi connectivity index (χ1n) is 13.1. The van der Waals surface area contributed by atoms with Crippen molar-refractivity contribution in [2.45, 2.75) is 32.9 Å². The van der Waals surface area contributed by atoms with Crippen LogP contribution < -0.4 is 14.2 Å². The number of hydrogen-bond acceptors (Lipinski definition) is 10. The first kappa shape index (κ1) is 27.7. The number of carbonyl (C=O) groups excluding carboxylic acids is 1. The van der Waals surface area contributed by atoms with Crippen LogP contribution in [-0.4, -0.2) is 57.2 Å². The van der Waals surface area contributed by atoms with Crippen molar-refractivity contribution in [2.75, 3.05) is 21.3 Å². The van der Waals surface area contributed by atoms with Gasteiger partial charge in [0, 0.05) is 41.2 Å². The van der Waals surface area contributed by atoms with Gasteiger partial charge in [0.15, 0.2) is 5.76 Å². The Bertz CT molecular complexity index is 1860. The normalized spacial score (nSPS) is 11.8. The molecule has 0 saturated heterocycles. The zero-order valence-corrected chi connectivity index (χ0v) is 25.6. The smallest absolute Gasteiger partial charge is 0.294 e. The Morgan fingerprint density at radius 2 is 1.86 bits per heavy atom. The topological polar surface area (TPSA) is 104 Å². The summed E-state index contributed by atoms with van der Waals surface area (Å²) in [6, 6.07) is 13.1. The minimum atomic E-state index is -0.255. The van der Waals surface area contributed by atoms with Gasteiger partial charge in [-0.2, -0.15) is 0 Å². The number of imidazole rings is 1. The molecule has 0 aliphatic heterocycles. The molecule has 1 amide bonds. The van der Waals surface area contributed by atoms with Gasteiger partial charge in [-0.3, -0.25) is 4.79 Å². The number of carbonyl (C=O) groups is 1. The summed E-state index contributed by atoms with van der Waals surface area (Å²) >= 11 is 2.87. The first-order valence-corrected chi connectivity index (χ1v) is 14.8. The largest absolute Gasteiger partial charge is 0.496 e. The number of furan rings is 1. The van der Waals surface area contributed by atoms with Crippen LogP contribution in [0.5, 0.6) is 16.7 Å². The first-order chi connectivity index (χ1) is 20.1. The quantitative estimate of drug-likeness (QED) is 0.187. The van der Waals surface area contributed by atoms with Gasteiger partial charge in [0.05, 0.1) is 31.5 Å². The monoisotopic (exact) mass is 603 g/mol. The van der Waals surface area contributed by atoms with Gasteiger partial charge in [0.1, 0.15) is 34.4 Å². The second kappa shape index (κ2) is 10.8. The summed E-state index contributed by atoms with van der Waals surface area (Å²) in [4.78, 5) is 24.6. The highest BCUT2D eigenvalue weighted by Gasteiger charge is 2.23. The van der Waals surface area contributed by atoms with E-state index in [9.17, 15) is 4.79 Å². The Balaban J connectivity index is 1.20. The molecule has 0 radical (unpaired) electrons. The number of ether oxygens (including phenoxy) is 3. The van der Waals surface area contributed by atoms with Crippen LogP contribution >= 0.6 is 22.7 Å². The number of aromatic nitrogens is 4. The maximum atomic E-state index is 12.8. The zero-order chi connectivity index (χ0) is 29.6. The Morgan fingerprint density at radius 3 is 2.55 bits per heavy atom. The molecule has 0 N–H and O–H groups in total. The fourth-order valence-electron chi connectivity index (χ4n) is 4.24. The molecule has 216 valence electrons. The van der Waals surface area contributed by atoms with E-state index in [1.807, 2.05) is 75.7 Å². The molecule has 0 bridgehead atoms. The number of thiazole rings is 1. The Morgan fingerprint density at radius 1 is 1.07 bits per heavy atom. The van der Waals surface area contributed by atoms with E-state index in [0.29, 0.717) is 44.3 Å². The summed E-state index contributed by atoms with van der Waals surface area (Å²) < 4.78 is 24.7. The highest BCUT2D eigenvalue weighted by molar-refractivity contribution is 7.18. The Hall–Kier alpha value is -4.42. The van der Waals surface area contributed by atoms with Crippen molar-refractivity contribution in [1.82, 2.24) is 24.5 Å². The van der Waals surface area contributed by atoms with Crippen molar-refractivity contribution in [3.05, 3.63) is 65.3 Å². The Labute approximate surface area is 250 Å². The number of amides is 1. The molecule has 0 atom stereocenters. The fraction of sp³-hybridized carbons (Fsp3) is 0.267.